The summed E-state index contributed by atoms with van der Waals surface area (Å²) in [6, 6.07) is 6.44. The predicted octanol–water partition coefficient (Wildman–Crippen LogP) is 2.96. The molecule has 0 aliphatic carbocycles. The van der Waals surface area contributed by atoms with Gasteiger partial charge in [-0.2, -0.15) is 0 Å². The Morgan fingerprint density at radius 3 is 2.64 bits per heavy atom. The zero-order valence-corrected chi connectivity index (χ0v) is 14.7. The lowest BCUT2D eigenvalue weighted by atomic mass is 9.87. The molecule has 2 atom stereocenters. The van der Waals surface area contributed by atoms with Crippen LogP contribution >= 0.6 is 0 Å². The summed E-state index contributed by atoms with van der Waals surface area (Å²) in [5, 5.41) is 11.4. The van der Waals surface area contributed by atoms with Crippen molar-refractivity contribution in [2.75, 3.05) is 0 Å². The fraction of sp³-hybridized carbons (Fsp3) is 0.474. The molecule has 1 aliphatic heterocycles. The zero-order chi connectivity index (χ0) is 18.4. The molecule has 2 aromatic rings. The van der Waals surface area contributed by atoms with Gasteiger partial charge in [-0.25, -0.2) is 4.79 Å². The molecule has 0 fully saturated rings. The molecule has 1 N–H and O–H groups in total. The summed E-state index contributed by atoms with van der Waals surface area (Å²) in [4.78, 5) is 23.9. The topological polar surface area (TPSA) is 86.0 Å². The van der Waals surface area contributed by atoms with Gasteiger partial charge in [-0.1, -0.05) is 13.8 Å². The third kappa shape index (κ3) is 3.26. The SMILES string of the molecule is CC(C)CC(=O)O[C@@H]1c2c(ccc3ccc(=O)oc23)OC(C)(C)[C@@H]1O. The van der Waals surface area contributed by atoms with E-state index < -0.39 is 29.4 Å². The normalized spacial score (nSPS) is 21.7. The van der Waals surface area contributed by atoms with Crippen LogP contribution in [0.3, 0.4) is 0 Å². The number of ether oxygens (including phenoxy) is 2. The van der Waals surface area contributed by atoms with Gasteiger partial charge in [0.05, 0.1) is 5.56 Å². The molecule has 6 nitrogen and oxygen atoms in total. The highest BCUT2D eigenvalue weighted by Crippen LogP contribution is 2.45. The lowest BCUT2D eigenvalue weighted by Gasteiger charge is -2.41. The van der Waals surface area contributed by atoms with E-state index in [-0.39, 0.29) is 17.9 Å². The first kappa shape index (κ1) is 17.5. The van der Waals surface area contributed by atoms with Crippen LogP contribution in [0.4, 0.5) is 0 Å². The minimum absolute atomic E-state index is 0.127. The predicted molar refractivity (Wildman–Crippen MR) is 91.5 cm³/mol. The smallest absolute Gasteiger partial charge is 0.336 e. The van der Waals surface area contributed by atoms with Crippen LogP contribution in [0.15, 0.2) is 33.5 Å². The van der Waals surface area contributed by atoms with Gasteiger partial charge < -0.3 is 19.0 Å². The van der Waals surface area contributed by atoms with E-state index in [0.717, 1.165) is 0 Å². The van der Waals surface area contributed by atoms with Crippen molar-refractivity contribution in [1.82, 2.24) is 0 Å². The van der Waals surface area contributed by atoms with E-state index in [1.807, 2.05) is 13.8 Å². The number of aliphatic hydroxyl groups is 1. The van der Waals surface area contributed by atoms with Crippen molar-refractivity contribution in [2.45, 2.75) is 51.9 Å². The first-order valence-electron chi connectivity index (χ1n) is 8.32. The standard InChI is InChI=1S/C19H22O6/c1-10(2)9-14(21)24-17-15-12(25-19(3,4)18(17)22)7-5-11-6-8-13(20)23-16(11)15/h5-8,10,17-18,22H,9H2,1-4H3/t17-,18-/m1/s1. The van der Waals surface area contributed by atoms with E-state index in [4.69, 9.17) is 13.9 Å². The second-order valence-electron chi connectivity index (χ2n) is 7.31. The fourth-order valence-electron chi connectivity index (χ4n) is 3.01. The van der Waals surface area contributed by atoms with E-state index in [2.05, 4.69) is 0 Å². The third-order valence-corrected chi connectivity index (χ3v) is 4.28. The highest BCUT2D eigenvalue weighted by molar-refractivity contribution is 5.83. The molecule has 134 valence electrons. The second-order valence-corrected chi connectivity index (χ2v) is 7.31. The van der Waals surface area contributed by atoms with Crippen molar-refractivity contribution in [3.05, 3.63) is 40.2 Å². The Labute approximate surface area is 145 Å². The molecule has 0 bridgehead atoms. The first-order chi connectivity index (χ1) is 11.7. The van der Waals surface area contributed by atoms with Crippen LogP contribution in [0.5, 0.6) is 5.75 Å². The molecular weight excluding hydrogens is 324 g/mol. The van der Waals surface area contributed by atoms with Crippen LogP contribution in [0.2, 0.25) is 0 Å². The molecule has 25 heavy (non-hydrogen) atoms. The number of carbonyl (C=O) groups excluding carboxylic acids is 1. The summed E-state index contributed by atoms with van der Waals surface area (Å²) in [5.74, 6) is 0.139. The van der Waals surface area contributed by atoms with E-state index >= 15 is 0 Å². The summed E-state index contributed by atoms with van der Waals surface area (Å²) in [5.41, 5.74) is -0.827. The van der Waals surface area contributed by atoms with Gasteiger partial charge in [-0.05, 0) is 38.0 Å². The Hall–Kier alpha value is -2.34. The van der Waals surface area contributed by atoms with Crippen LogP contribution in [-0.4, -0.2) is 22.8 Å². The van der Waals surface area contributed by atoms with Crippen molar-refractivity contribution >= 4 is 16.9 Å². The summed E-state index contributed by atoms with van der Waals surface area (Å²) >= 11 is 0. The van der Waals surface area contributed by atoms with Crippen molar-refractivity contribution in [1.29, 1.82) is 0 Å². The summed E-state index contributed by atoms with van der Waals surface area (Å²) in [6.45, 7) is 7.26. The maximum atomic E-state index is 12.2. The maximum absolute atomic E-state index is 12.2. The van der Waals surface area contributed by atoms with E-state index in [0.29, 0.717) is 16.7 Å². The number of hydrogen-bond acceptors (Lipinski definition) is 6. The van der Waals surface area contributed by atoms with Gasteiger partial charge in [0.1, 0.15) is 23.0 Å². The highest BCUT2D eigenvalue weighted by atomic mass is 16.6. The minimum atomic E-state index is -1.10. The van der Waals surface area contributed by atoms with Gasteiger partial charge in [0.15, 0.2) is 6.10 Å². The van der Waals surface area contributed by atoms with E-state index in [1.54, 1.807) is 32.0 Å². The van der Waals surface area contributed by atoms with Gasteiger partial charge in [0, 0.05) is 17.9 Å². The van der Waals surface area contributed by atoms with Gasteiger partial charge >= 0.3 is 11.6 Å². The summed E-state index contributed by atoms with van der Waals surface area (Å²) < 4.78 is 16.8. The molecule has 0 spiro atoms. The molecule has 0 radical (unpaired) electrons. The van der Waals surface area contributed by atoms with E-state index in [1.165, 1.54) is 6.07 Å². The molecule has 2 heterocycles. The Kier molecular flexibility index (Phi) is 4.33. The number of benzene rings is 1. The number of aliphatic hydroxyl groups excluding tert-OH is 1. The maximum Gasteiger partial charge on any atom is 0.336 e. The van der Waals surface area contributed by atoms with Crippen molar-refractivity contribution in [2.24, 2.45) is 5.92 Å². The zero-order valence-electron chi connectivity index (χ0n) is 14.7. The number of hydrogen-bond donors (Lipinski definition) is 1. The lowest BCUT2D eigenvalue weighted by Crippen LogP contribution is -2.50. The Balaban J connectivity index is 2.15. The Morgan fingerprint density at radius 2 is 1.96 bits per heavy atom. The van der Waals surface area contributed by atoms with Crippen LogP contribution in [0.25, 0.3) is 11.0 Å². The third-order valence-electron chi connectivity index (χ3n) is 4.28. The Morgan fingerprint density at radius 1 is 1.28 bits per heavy atom. The number of fused-ring (bicyclic) bond motifs is 3. The largest absolute Gasteiger partial charge is 0.484 e. The second kappa shape index (κ2) is 6.19. The fourth-order valence-corrected chi connectivity index (χ4v) is 3.01. The average Bonchev–Trinajstić information content (AvgIpc) is 2.50. The molecule has 6 heteroatoms. The summed E-state index contributed by atoms with van der Waals surface area (Å²) in [7, 11) is 0. The first-order valence-corrected chi connectivity index (χ1v) is 8.32. The quantitative estimate of drug-likeness (QED) is 0.679. The van der Waals surface area contributed by atoms with E-state index in [9.17, 15) is 14.7 Å². The molecule has 0 amide bonds. The molecule has 1 aliphatic rings. The molecule has 0 saturated carbocycles. The highest BCUT2D eigenvalue weighted by Gasteiger charge is 2.46. The molecule has 3 rings (SSSR count). The van der Waals surface area contributed by atoms with Crippen molar-refractivity contribution < 1.29 is 23.8 Å². The van der Waals surface area contributed by atoms with Crippen molar-refractivity contribution in [3.8, 4) is 5.75 Å². The molecular formula is C19H22O6. The number of rotatable bonds is 3. The molecule has 1 aromatic heterocycles. The average molecular weight is 346 g/mol. The molecule has 0 saturated heterocycles. The lowest BCUT2D eigenvalue weighted by molar-refractivity contribution is -0.170. The molecule has 1 aromatic carbocycles. The van der Waals surface area contributed by atoms with Gasteiger partial charge in [-0.3, -0.25) is 4.79 Å². The van der Waals surface area contributed by atoms with Crippen molar-refractivity contribution in [3.63, 3.8) is 0 Å². The van der Waals surface area contributed by atoms with Gasteiger partial charge in [0.25, 0.3) is 0 Å². The van der Waals surface area contributed by atoms with Crippen LogP contribution in [0.1, 0.15) is 45.8 Å². The Bertz CT molecular complexity index is 864. The van der Waals surface area contributed by atoms with Crippen LogP contribution in [0, 0.1) is 5.92 Å². The van der Waals surface area contributed by atoms with Gasteiger partial charge in [-0.15, -0.1) is 0 Å². The minimum Gasteiger partial charge on any atom is -0.484 e. The number of carbonyl (C=O) groups is 1. The summed E-state index contributed by atoms with van der Waals surface area (Å²) in [6.07, 6.45) is -1.85. The molecule has 0 unspecified atom stereocenters. The van der Waals surface area contributed by atoms with Crippen LogP contribution in [-0.2, 0) is 9.53 Å². The number of esters is 1. The van der Waals surface area contributed by atoms with Gasteiger partial charge in [0.2, 0.25) is 0 Å². The van der Waals surface area contributed by atoms with Crippen LogP contribution < -0.4 is 10.4 Å². The monoisotopic (exact) mass is 346 g/mol.